The molecule has 0 bridgehead atoms. The zero-order valence-electron chi connectivity index (χ0n) is 10.2. The molecule has 0 aliphatic carbocycles. The Kier molecular flexibility index (Phi) is 5.51. The molecule has 3 atom stereocenters. The molecule has 0 radical (unpaired) electrons. The van der Waals surface area contributed by atoms with Crippen LogP contribution in [0.3, 0.4) is 0 Å². The summed E-state index contributed by atoms with van der Waals surface area (Å²) in [6, 6.07) is 0. The molecule has 17 heavy (non-hydrogen) atoms. The topological polar surface area (TPSA) is 44.8 Å². The van der Waals surface area contributed by atoms with Gasteiger partial charge in [-0.3, -0.25) is 4.79 Å². The van der Waals surface area contributed by atoms with Crippen molar-refractivity contribution in [1.82, 2.24) is 0 Å². The number of alkyl halides is 2. The van der Waals surface area contributed by atoms with Crippen molar-refractivity contribution in [2.45, 2.75) is 37.1 Å². The van der Waals surface area contributed by atoms with E-state index in [2.05, 4.69) is 0 Å². The van der Waals surface area contributed by atoms with E-state index in [4.69, 9.17) is 37.4 Å². The standard InChI is InChI=1S/C11H18Cl2O4/c1-11(2)5-16-10(14)8(13)4-7(12)9(11)17-6-15-3/h7-9H,4-6H2,1-3H3/t7-,8+,9-/m0/s1. The summed E-state index contributed by atoms with van der Waals surface area (Å²) in [6.45, 7) is 4.25. The largest absolute Gasteiger partial charge is 0.464 e. The van der Waals surface area contributed by atoms with E-state index in [0.717, 1.165) is 0 Å². The van der Waals surface area contributed by atoms with Gasteiger partial charge in [-0.1, -0.05) is 13.8 Å². The number of ether oxygens (including phenoxy) is 3. The molecule has 1 rings (SSSR count). The second kappa shape index (κ2) is 6.23. The van der Waals surface area contributed by atoms with Crippen LogP contribution in [0.1, 0.15) is 20.3 Å². The predicted molar refractivity (Wildman–Crippen MR) is 65.4 cm³/mol. The first kappa shape index (κ1) is 15.0. The SMILES string of the molecule is COCO[C@H]1[C@@H](Cl)C[C@@H](Cl)C(=O)OCC1(C)C. The highest BCUT2D eigenvalue weighted by molar-refractivity contribution is 6.31. The Morgan fingerprint density at radius 3 is 2.71 bits per heavy atom. The van der Waals surface area contributed by atoms with Crippen LogP contribution in [0.2, 0.25) is 0 Å². The zero-order chi connectivity index (χ0) is 13.1. The predicted octanol–water partition coefficient (Wildman–Crippen LogP) is 2.16. The van der Waals surface area contributed by atoms with Crippen LogP contribution in [0.15, 0.2) is 0 Å². The van der Waals surface area contributed by atoms with Crippen LogP contribution >= 0.6 is 23.2 Å². The van der Waals surface area contributed by atoms with Gasteiger partial charge in [0.2, 0.25) is 0 Å². The number of carbonyl (C=O) groups is 1. The Labute approximate surface area is 111 Å². The minimum atomic E-state index is -0.720. The number of cyclic esters (lactones) is 1. The highest BCUT2D eigenvalue weighted by Crippen LogP contribution is 2.34. The normalized spacial score (nSPS) is 33.7. The van der Waals surface area contributed by atoms with Gasteiger partial charge >= 0.3 is 5.97 Å². The summed E-state index contributed by atoms with van der Waals surface area (Å²) in [5.74, 6) is -0.421. The molecule has 0 saturated carbocycles. The Morgan fingerprint density at radius 2 is 2.12 bits per heavy atom. The maximum absolute atomic E-state index is 11.4. The first-order valence-electron chi connectivity index (χ1n) is 5.44. The second-order valence-corrected chi connectivity index (χ2v) is 5.90. The van der Waals surface area contributed by atoms with Gasteiger partial charge in [0.15, 0.2) is 0 Å². The van der Waals surface area contributed by atoms with Crippen LogP contribution in [0.5, 0.6) is 0 Å². The Balaban J connectivity index is 2.78. The molecule has 0 amide bonds. The molecule has 1 aliphatic rings. The van der Waals surface area contributed by atoms with Gasteiger partial charge in [0.05, 0.1) is 18.1 Å². The summed E-state index contributed by atoms with van der Waals surface area (Å²) >= 11 is 12.2. The molecular formula is C11H18Cl2O4. The number of esters is 1. The number of carbonyl (C=O) groups excluding carboxylic acids is 1. The minimum absolute atomic E-state index is 0.151. The van der Waals surface area contributed by atoms with Crippen LogP contribution in [0.4, 0.5) is 0 Å². The van der Waals surface area contributed by atoms with Crippen molar-refractivity contribution in [3.05, 3.63) is 0 Å². The molecule has 4 nitrogen and oxygen atoms in total. The Bertz CT molecular complexity index is 270. The molecular weight excluding hydrogens is 267 g/mol. The van der Waals surface area contributed by atoms with Crippen molar-refractivity contribution in [2.75, 3.05) is 20.5 Å². The monoisotopic (exact) mass is 284 g/mol. The maximum atomic E-state index is 11.4. The van der Waals surface area contributed by atoms with Crippen LogP contribution in [0, 0.1) is 5.41 Å². The molecule has 0 spiro atoms. The Hall–Kier alpha value is -0.0300. The van der Waals surface area contributed by atoms with E-state index in [1.165, 1.54) is 0 Å². The van der Waals surface area contributed by atoms with Gasteiger partial charge in [-0.15, -0.1) is 23.2 Å². The molecule has 1 heterocycles. The zero-order valence-corrected chi connectivity index (χ0v) is 11.8. The van der Waals surface area contributed by atoms with E-state index in [1.807, 2.05) is 13.8 Å². The third-order valence-corrected chi connectivity index (χ3v) is 3.50. The van der Waals surface area contributed by atoms with E-state index in [-0.39, 0.29) is 30.3 Å². The first-order valence-corrected chi connectivity index (χ1v) is 6.31. The summed E-state index contributed by atoms with van der Waals surface area (Å²) < 4.78 is 15.6. The van der Waals surface area contributed by atoms with Crippen LogP contribution in [0.25, 0.3) is 0 Å². The van der Waals surface area contributed by atoms with Crippen LogP contribution in [-0.2, 0) is 19.0 Å². The number of methoxy groups -OCH3 is 1. The average molecular weight is 285 g/mol. The van der Waals surface area contributed by atoms with Gasteiger partial charge in [0.1, 0.15) is 12.2 Å². The fourth-order valence-electron chi connectivity index (χ4n) is 1.81. The first-order chi connectivity index (χ1) is 7.88. The molecule has 0 N–H and O–H groups in total. The lowest BCUT2D eigenvalue weighted by Gasteiger charge is -2.38. The minimum Gasteiger partial charge on any atom is -0.464 e. The summed E-state index contributed by atoms with van der Waals surface area (Å²) in [4.78, 5) is 11.4. The fourth-order valence-corrected chi connectivity index (χ4v) is 2.75. The maximum Gasteiger partial charge on any atom is 0.324 e. The quantitative estimate of drug-likeness (QED) is 0.453. The fraction of sp³-hybridized carbons (Fsp3) is 0.909. The molecule has 100 valence electrons. The summed E-state index contributed by atoms with van der Waals surface area (Å²) in [5, 5.41) is -1.07. The van der Waals surface area contributed by atoms with Gasteiger partial charge in [-0.2, -0.15) is 0 Å². The van der Waals surface area contributed by atoms with Gasteiger partial charge in [0, 0.05) is 12.5 Å². The lowest BCUT2D eigenvalue weighted by atomic mass is 9.83. The van der Waals surface area contributed by atoms with E-state index in [1.54, 1.807) is 7.11 Å². The summed E-state index contributed by atoms with van der Waals surface area (Å²) in [5.41, 5.74) is -0.377. The lowest BCUT2D eigenvalue weighted by Crippen LogP contribution is -2.47. The molecule has 0 aromatic heterocycles. The number of rotatable bonds is 3. The van der Waals surface area contributed by atoms with Crippen molar-refractivity contribution < 1.29 is 19.0 Å². The number of hydrogen-bond donors (Lipinski definition) is 0. The average Bonchev–Trinajstić information content (AvgIpc) is 2.25. The smallest absolute Gasteiger partial charge is 0.324 e. The molecule has 0 aromatic carbocycles. The summed E-state index contributed by atoms with van der Waals surface area (Å²) in [6.07, 6.45) is 0.0400. The van der Waals surface area contributed by atoms with E-state index in [0.29, 0.717) is 6.42 Å². The molecule has 6 heteroatoms. The van der Waals surface area contributed by atoms with Crippen molar-refractivity contribution in [2.24, 2.45) is 5.41 Å². The highest BCUT2D eigenvalue weighted by Gasteiger charge is 2.41. The van der Waals surface area contributed by atoms with Crippen molar-refractivity contribution in [3.8, 4) is 0 Å². The van der Waals surface area contributed by atoms with Gasteiger partial charge in [0.25, 0.3) is 0 Å². The number of hydrogen-bond acceptors (Lipinski definition) is 4. The van der Waals surface area contributed by atoms with E-state index in [9.17, 15) is 4.79 Å². The molecule has 1 aliphatic heterocycles. The number of halogens is 2. The van der Waals surface area contributed by atoms with Crippen molar-refractivity contribution in [3.63, 3.8) is 0 Å². The lowest BCUT2D eigenvalue weighted by molar-refractivity contribution is -0.161. The van der Waals surface area contributed by atoms with Crippen molar-refractivity contribution in [1.29, 1.82) is 0 Å². The van der Waals surface area contributed by atoms with Crippen LogP contribution < -0.4 is 0 Å². The van der Waals surface area contributed by atoms with E-state index >= 15 is 0 Å². The second-order valence-electron chi connectivity index (χ2n) is 4.81. The Morgan fingerprint density at radius 1 is 1.47 bits per heavy atom. The van der Waals surface area contributed by atoms with Crippen molar-refractivity contribution >= 4 is 29.2 Å². The van der Waals surface area contributed by atoms with Gasteiger partial charge < -0.3 is 14.2 Å². The molecule has 1 saturated heterocycles. The van der Waals surface area contributed by atoms with E-state index < -0.39 is 11.3 Å². The third kappa shape index (κ3) is 3.98. The van der Waals surface area contributed by atoms with Gasteiger partial charge in [-0.25, -0.2) is 0 Å². The third-order valence-electron chi connectivity index (χ3n) is 2.74. The molecule has 0 unspecified atom stereocenters. The van der Waals surface area contributed by atoms with Gasteiger partial charge in [-0.05, 0) is 6.42 Å². The molecule has 0 aromatic rings. The van der Waals surface area contributed by atoms with Crippen LogP contribution in [-0.4, -0.2) is 43.3 Å². The highest BCUT2D eigenvalue weighted by atomic mass is 35.5. The summed E-state index contributed by atoms with van der Waals surface area (Å²) in [7, 11) is 1.55. The molecule has 1 fully saturated rings.